The third-order valence-corrected chi connectivity index (χ3v) is 11.9. The van der Waals surface area contributed by atoms with E-state index in [0.717, 1.165) is 50.7 Å². The van der Waals surface area contributed by atoms with Crippen LogP contribution in [0.5, 0.6) is 0 Å². The van der Waals surface area contributed by atoms with Crippen LogP contribution in [0.3, 0.4) is 0 Å². The smallest absolute Gasteiger partial charge is 0.309 e. The highest BCUT2D eigenvalue weighted by molar-refractivity contribution is 6.11. The van der Waals surface area contributed by atoms with Crippen molar-refractivity contribution in [3.8, 4) is 84.9 Å². The second kappa shape index (κ2) is 17.1. The van der Waals surface area contributed by atoms with Gasteiger partial charge in [0, 0.05) is 44.2 Å². The van der Waals surface area contributed by atoms with Crippen LogP contribution in [0.2, 0.25) is 0 Å². The van der Waals surface area contributed by atoms with Crippen LogP contribution in [-0.4, -0.2) is 29.5 Å². The SMILES string of the molecule is FC(F)(F)c1cc(-c2ccc3c4ccccc4n(-c4ccc(-c5nc(-c6ccccc6)nc(-c6ccccc6)n5)cc4-c4cc(-c5ccccc5)nc(-c5ccccc5)n4)c3c2)cc(C(F)(F)F)c1. The highest BCUT2D eigenvalue weighted by Crippen LogP contribution is 2.43. The minimum atomic E-state index is -5.03. The van der Waals surface area contributed by atoms with Gasteiger partial charge in [-0.3, -0.25) is 0 Å². The number of aromatic nitrogens is 6. The van der Waals surface area contributed by atoms with Crippen LogP contribution >= 0.6 is 0 Å². The standard InChI is InChI=1S/C57H34F6N6/c58-56(59,60)42-29-41(30-43(33-42)57(61,62)63)39-25-27-45-44-23-13-14-24-49(44)69(51(45)32-39)50-28-26-40(55-67-53(37-19-9-3-10-20-37)66-54(68-55)38-21-11-4-12-22-38)31-46(50)48-34-47(35-15-5-1-6-16-35)64-52(65-48)36-17-7-2-8-18-36/h1-34H. The lowest BCUT2D eigenvalue weighted by atomic mass is 9.98. The van der Waals surface area contributed by atoms with Crippen molar-refractivity contribution < 1.29 is 26.3 Å². The molecule has 69 heavy (non-hydrogen) atoms. The molecule has 12 heteroatoms. The summed E-state index contributed by atoms with van der Waals surface area (Å²) in [7, 11) is 0. The number of alkyl halides is 6. The number of hydrogen-bond donors (Lipinski definition) is 0. The van der Waals surface area contributed by atoms with Crippen LogP contribution in [-0.2, 0) is 12.4 Å². The lowest BCUT2D eigenvalue weighted by Crippen LogP contribution is -2.11. The first-order valence-corrected chi connectivity index (χ1v) is 21.8. The van der Waals surface area contributed by atoms with Crippen molar-refractivity contribution in [2.24, 2.45) is 0 Å². The van der Waals surface area contributed by atoms with Crippen LogP contribution in [0.25, 0.3) is 107 Å². The average molecular weight is 917 g/mol. The van der Waals surface area contributed by atoms with Crippen molar-refractivity contribution in [2.75, 3.05) is 0 Å². The molecule has 8 aromatic carbocycles. The predicted octanol–water partition coefficient (Wildman–Crippen LogP) is 15.5. The quantitative estimate of drug-likeness (QED) is 0.142. The summed E-state index contributed by atoms with van der Waals surface area (Å²) in [4.78, 5) is 25.2. The van der Waals surface area contributed by atoms with E-state index in [2.05, 4.69) is 0 Å². The highest BCUT2D eigenvalue weighted by Gasteiger charge is 2.37. The molecule has 0 unspecified atom stereocenters. The Labute approximate surface area is 390 Å². The Bertz CT molecular complexity index is 3540. The van der Waals surface area contributed by atoms with Gasteiger partial charge in [0.1, 0.15) is 0 Å². The largest absolute Gasteiger partial charge is 0.416 e. The Morgan fingerprint density at radius 2 is 0.754 bits per heavy atom. The van der Waals surface area contributed by atoms with Gasteiger partial charge in [0.15, 0.2) is 23.3 Å². The second-order valence-electron chi connectivity index (χ2n) is 16.3. The average Bonchev–Trinajstić information content (AvgIpc) is 3.72. The molecule has 0 saturated carbocycles. The first-order chi connectivity index (χ1) is 33.4. The minimum absolute atomic E-state index is 0.139. The third-order valence-electron chi connectivity index (χ3n) is 11.9. The van der Waals surface area contributed by atoms with E-state index >= 15 is 0 Å². The molecule has 11 rings (SSSR count). The number of hydrogen-bond acceptors (Lipinski definition) is 5. The fourth-order valence-electron chi connectivity index (χ4n) is 8.60. The van der Waals surface area contributed by atoms with Crippen LogP contribution in [0.1, 0.15) is 11.1 Å². The van der Waals surface area contributed by atoms with Gasteiger partial charge in [0.2, 0.25) is 0 Å². The molecular formula is C57H34F6N6. The fourth-order valence-corrected chi connectivity index (χ4v) is 8.60. The number of benzene rings is 8. The molecule has 0 N–H and O–H groups in total. The van der Waals surface area contributed by atoms with Crippen LogP contribution in [0.4, 0.5) is 26.3 Å². The molecule has 6 nitrogen and oxygen atoms in total. The summed E-state index contributed by atoms with van der Waals surface area (Å²) < 4.78 is 87.1. The molecule has 3 heterocycles. The first-order valence-electron chi connectivity index (χ1n) is 21.8. The second-order valence-corrected chi connectivity index (χ2v) is 16.3. The van der Waals surface area contributed by atoms with Crippen molar-refractivity contribution in [3.63, 3.8) is 0 Å². The molecule has 11 aromatic rings. The summed E-state index contributed by atoms with van der Waals surface area (Å²) in [5.41, 5.74) is 4.59. The molecule has 0 saturated heterocycles. The molecule has 0 aliphatic rings. The Morgan fingerprint density at radius 3 is 1.30 bits per heavy atom. The van der Waals surface area contributed by atoms with Gasteiger partial charge in [-0.25, -0.2) is 24.9 Å². The van der Waals surface area contributed by atoms with Gasteiger partial charge in [0.05, 0.1) is 39.2 Å². The minimum Gasteiger partial charge on any atom is -0.309 e. The van der Waals surface area contributed by atoms with Gasteiger partial charge < -0.3 is 4.57 Å². The number of nitrogens with zero attached hydrogens (tertiary/aromatic N) is 6. The summed E-state index contributed by atoms with van der Waals surface area (Å²) in [5, 5.41) is 1.53. The number of halogens is 6. The summed E-state index contributed by atoms with van der Waals surface area (Å²) in [5.74, 6) is 1.76. The van der Waals surface area contributed by atoms with E-state index in [1.54, 1.807) is 18.2 Å². The topological polar surface area (TPSA) is 69.4 Å². The lowest BCUT2D eigenvalue weighted by molar-refractivity contribution is -0.143. The fraction of sp³-hybridized carbons (Fsp3) is 0.0351. The van der Waals surface area contributed by atoms with E-state index < -0.39 is 23.5 Å². The van der Waals surface area contributed by atoms with E-state index in [1.807, 2.05) is 174 Å². The Morgan fingerprint density at radius 1 is 0.304 bits per heavy atom. The summed E-state index contributed by atoms with van der Waals surface area (Å²) >= 11 is 0. The molecule has 0 radical (unpaired) electrons. The monoisotopic (exact) mass is 916 g/mol. The van der Waals surface area contributed by atoms with Gasteiger partial charge >= 0.3 is 12.4 Å². The van der Waals surface area contributed by atoms with Crippen molar-refractivity contribution in [1.82, 2.24) is 29.5 Å². The van der Waals surface area contributed by atoms with Crippen molar-refractivity contribution in [1.29, 1.82) is 0 Å². The highest BCUT2D eigenvalue weighted by atomic mass is 19.4. The predicted molar refractivity (Wildman–Crippen MR) is 258 cm³/mol. The molecular weight excluding hydrogens is 883 g/mol. The van der Waals surface area contributed by atoms with Crippen molar-refractivity contribution in [3.05, 3.63) is 217 Å². The normalized spacial score (nSPS) is 11.9. The summed E-state index contributed by atoms with van der Waals surface area (Å²) in [6, 6.07) is 60.3. The van der Waals surface area contributed by atoms with Gasteiger partial charge in [-0.1, -0.05) is 152 Å². The zero-order chi connectivity index (χ0) is 47.3. The van der Waals surface area contributed by atoms with Gasteiger partial charge in [-0.05, 0) is 65.7 Å². The third kappa shape index (κ3) is 8.37. The maximum Gasteiger partial charge on any atom is 0.416 e. The number of rotatable bonds is 8. The Kier molecular flexibility index (Phi) is 10.6. The van der Waals surface area contributed by atoms with E-state index in [-0.39, 0.29) is 17.2 Å². The molecule has 0 atom stereocenters. The van der Waals surface area contributed by atoms with Gasteiger partial charge in [-0.2, -0.15) is 26.3 Å². The van der Waals surface area contributed by atoms with E-state index in [4.69, 9.17) is 24.9 Å². The molecule has 0 aliphatic heterocycles. The summed E-state index contributed by atoms with van der Waals surface area (Å²) in [6.07, 6.45) is -10.1. The van der Waals surface area contributed by atoms with Gasteiger partial charge in [-0.15, -0.1) is 0 Å². The maximum absolute atomic E-state index is 14.2. The summed E-state index contributed by atoms with van der Waals surface area (Å²) in [6.45, 7) is 0. The van der Waals surface area contributed by atoms with Crippen LogP contribution in [0, 0.1) is 0 Å². The van der Waals surface area contributed by atoms with Gasteiger partial charge in [0.25, 0.3) is 0 Å². The van der Waals surface area contributed by atoms with E-state index in [0.29, 0.717) is 57.0 Å². The van der Waals surface area contributed by atoms with Crippen LogP contribution in [0.15, 0.2) is 206 Å². The molecule has 0 spiro atoms. The molecule has 334 valence electrons. The zero-order valence-electron chi connectivity index (χ0n) is 36.1. The van der Waals surface area contributed by atoms with E-state index in [9.17, 15) is 26.3 Å². The molecule has 3 aromatic heterocycles. The Balaban J connectivity index is 1.20. The molecule has 0 amide bonds. The molecule has 0 bridgehead atoms. The number of para-hydroxylation sites is 1. The maximum atomic E-state index is 14.2. The molecule has 0 aliphatic carbocycles. The van der Waals surface area contributed by atoms with Crippen LogP contribution < -0.4 is 0 Å². The Hall–Kier alpha value is -8.77. The zero-order valence-corrected chi connectivity index (χ0v) is 36.1. The molecule has 0 fully saturated rings. The number of fused-ring (bicyclic) bond motifs is 3. The van der Waals surface area contributed by atoms with E-state index in [1.165, 1.54) is 0 Å². The van der Waals surface area contributed by atoms with Crippen molar-refractivity contribution in [2.45, 2.75) is 12.4 Å². The lowest BCUT2D eigenvalue weighted by Gasteiger charge is -2.17. The first kappa shape index (κ1) is 42.8. The van der Waals surface area contributed by atoms with Crippen molar-refractivity contribution >= 4 is 21.8 Å².